The first-order valence-corrected chi connectivity index (χ1v) is 7.13. The number of nitrogens with zero attached hydrogens (tertiary/aromatic N) is 1. The molecule has 8 heteroatoms. The highest BCUT2D eigenvalue weighted by Gasteiger charge is 2.16. The third-order valence-electron chi connectivity index (χ3n) is 1.36. The number of hydrogen-bond donors (Lipinski definition) is 1. The summed E-state index contributed by atoms with van der Waals surface area (Å²) in [6, 6.07) is 7.32. The van der Waals surface area contributed by atoms with Gasteiger partial charge >= 0.3 is 0 Å². The van der Waals surface area contributed by atoms with Gasteiger partial charge in [0.05, 0.1) is 11.2 Å². The quantitative estimate of drug-likeness (QED) is 0.724. The lowest BCUT2D eigenvalue weighted by Crippen LogP contribution is -2.34. The second kappa shape index (κ2) is 4.27. The summed E-state index contributed by atoms with van der Waals surface area (Å²) in [5.74, 6) is 0. The number of sulfonamides is 2. The van der Waals surface area contributed by atoms with Crippen molar-refractivity contribution in [1.29, 1.82) is 0 Å². The van der Waals surface area contributed by atoms with Crippen LogP contribution in [0.1, 0.15) is 0 Å². The van der Waals surface area contributed by atoms with Gasteiger partial charge in [-0.25, -0.2) is 16.8 Å². The summed E-state index contributed by atoms with van der Waals surface area (Å²) in [4.78, 5) is 4.43. The molecular formula is C7H9N2O4S2. The van der Waals surface area contributed by atoms with E-state index in [1.54, 1.807) is 10.9 Å². The van der Waals surface area contributed by atoms with E-state index in [1.807, 2.05) is 0 Å². The molecule has 0 saturated carbocycles. The molecule has 15 heavy (non-hydrogen) atoms. The number of hydrogen-bond acceptors (Lipinski definition) is 4. The maximum atomic E-state index is 11.4. The minimum absolute atomic E-state index is 0.0684. The maximum absolute atomic E-state index is 11.4. The Hall–Kier alpha value is -0.960. The van der Waals surface area contributed by atoms with Crippen LogP contribution in [0.2, 0.25) is 0 Å². The van der Waals surface area contributed by atoms with Gasteiger partial charge in [0, 0.05) is 0 Å². The van der Waals surface area contributed by atoms with Crippen LogP contribution in [0.25, 0.3) is 0 Å². The molecule has 0 atom stereocenters. The molecule has 1 aromatic rings. The highest BCUT2D eigenvalue weighted by Crippen LogP contribution is 2.06. The summed E-state index contributed by atoms with van der Waals surface area (Å²) in [5, 5.41) is 0. The van der Waals surface area contributed by atoms with Crippen LogP contribution in [-0.2, 0) is 20.0 Å². The van der Waals surface area contributed by atoms with Crippen molar-refractivity contribution in [2.24, 2.45) is 0 Å². The fourth-order valence-corrected chi connectivity index (χ4v) is 2.30. The van der Waals surface area contributed by atoms with Crippen LogP contribution < -0.4 is 9.66 Å². The normalized spacial score (nSPS) is 12.6. The van der Waals surface area contributed by atoms with Crippen molar-refractivity contribution in [3.8, 4) is 0 Å². The lowest BCUT2D eigenvalue weighted by molar-refractivity contribution is 0.559. The van der Waals surface area contributed by atoms with Crippen LogP contribution in [0.3, 0.4) is 0 Å². The molecule has 1 rings (SSSR count). The molecule has 0 saturated heterocycles. The van der Waals surface area contributed by atoms with E-state index in [0.717, 1.165) is 6.26 Å². The van der Waals surface area contributed by atoms with Crippen molar-refractivity contribution < 1.29 is 16.8 Å². The Morgan fingerprint density at radius 1 is 1.07 bits per heavy atom. The van der Waals surface area contributed by atoms with Crippen LogP contribution >= 0.6 is 0 Å². The molecule has 0 aliphatic rings. The van der Waals surface area contributed by atoms with E-state index in [-0.39, 0.29) is 4.90 Å². The van der Waals surface area contributed by atoms with E-state index in [9.17, 15) is 16.8 Å². The average Bonchev–Trinajstić information content (AvgIpc) is 2.16. The van der Waals surface area contributed by atoms with E-state index in [0.29, 0.717) is 0 Å². The summed E-state index contributed by atoms with van der Waals surface area (Å²) in [7, 11) is -7.62. The van der Waals surface area contributed by atoms with E-state index in [4.69, 9.17) is 0 Å². The predicted octanol–water partition coefficient (Wildman–Crippen LogP) is -0.556. The molecule has 1 radical (unpaired) electrons. The van der Waals surface area contributed by atoms with Crippen molar-refractivity contribution >= 4 is 20.0 Å². The van der Waals surface area contributed by atoms with Crippen molar-refractivity contribution in [2.45, 2.75) is 4.90 Å². The first-order chi connectivity index (χ1) is 6.81. The SMILES string of the molecule is CS(=O)(=O)N[N]S(=O)(=O)c1ccccc1. The molecular weight excluding hydrogens is 240 g/mol. The van der Waals surface area contributed by atoms with Crippen LogP contribution in [-0.4, -0.2) is 23.1 Å². The molecule has 0 spiro atoms. The zero-order chi connectivity index (χ0) is 11.5. The fraction of sp³-hybridized carbons (Fsp3) is 0.143. The molecule has 0 heterocycles. The van der Waals surface area contributed by atoms with Crippen molar-refractivity contribution in [3.05, 3.63) is 30.3 Å². The smallest absolute Gasteiger partial charge is 0.211 e. The summed E-state index contributed by atoms with van der Waals surface area (Å²) in [6.07, 6.45) is 0.816. The number of nitrogens with one attached hydrogen (secondary N) is 1. The molecule has 83 valence electrons. The zero-order valence-corrected chi connectivity index (χ0v) is 9.42. The van der Waals surface area contributed by atoms with Gasteiger partial charge in [0.1, 0.15) is 0 Å². The summed E-state index contributed by atoms with van der Waals surface area (Å²) in [5.41, 5.74) is 0. The molecule has 0 aliphatic heterocycles. The van der Waals surface area contributed by atoms with Crippen molar-refractivity contribution in [2.75, 3.05) is 6.26 Å². The second-order valence-corrected chi connectivity index (χ2v) is 6.07. The molecule has 6 nitrogen and oxygen atoms in total. The van der Waals surface area contributed by atoms with Gasteiger partial charge in [-0.15, -0.1) is 4.83 Å². The number of benzene rings is 1. The average molecular weight is 249 g/mol. The minimum atomic E-state index is -3.96. The molecule has 0 unspecified atom stereocenters. The Morgan fingerprint density at radius 2 is 1.60 bits per heavy atom. The molecule has 0 aliphatic carbocycles. The van der Waals surface area contributed by atoms with Crippen molar-refractivity contribution in [1.82, 2.24) is 9.66 Å². The van der Waals surface area contributed by atoms with Gasteiger partial charge in [0.2, 0.25) is 10.0 Å². The summed E-state index contributed by atoms with van der Waals surface area (Å²) >= 11 is 0. The molecule has 0 fully saturated rings. The first-order valence-electron chi connectivity index (χ1n) is 3.80. The van der Waals surface area contributed by atoms with Crippen LogP contribution in [0.4, 0.5) is 0 Å². The summed E-state index contributed by atoms with van der Waals surface area (Å²) in [6.45, 7) is 0. The van der Waals surface area contributed by atoms with Gasteiger partial charge in [0.25, 0.3) is 10.0 Å². The lowest BCUT2D eigenvalue weighted by Gasteiger charge is -2.03. The Kier molecular flexibility index (Phi) is 3.45. The Balaban J connectivity index is 2.87. The third-order valence-corrected chi connectivity index (χ3v) is 3.10. The van der Waals surface area contributed by atoms with Gasteiger partial charge in [-0.1, -0.05) is 18.2 Å². The fourth-order valence-electron chi connectivity index (χ4n) is 0.762. The van der Waals surface area contributed by atoms with E-state index >= 15 is 0 Å². The highest BCUT2D eigenvalue weighted by molar-refractivity contribution is 7.92. The van der Waals surface area contributed by atoms with Gasteiger partial charge in [-0.2, -0.15) is 0 Å². The van der Waals surface area contributed by atoms with Crippen molar-refractivity contribution in [3.63, 3.8) is 0 Å². The first kappa shape index (κ1) is 12.1. The molecule has 0 bridgehead atoms. The molecule has 1 N–H and O–H groups in total. The highest BCUT2D eigenvalue weighted by atomic mass is 32.2. The van der Waals surface area contributed by atoms with Gasteiger partial charge in [-0.05, 0) is 17.0 Å². The lowest BCUT2D eigenvalue weighted by atomic mass is 10.4. The van der Waals surface area contributed by atoms with Crippen LogP contribution in [0, 0.1) is 0 Å². The van der Waals surface area contributed by atoms with Gasteiger partial charge in [-0.3, -0.25) is 0 Å². The van der Waals surface area contributed by atoms with Crippen LogP contribution in [0.5, 0.6) is 0 Å². The predicted molar refractivity (Wildman–Crippen MR) is 53.7 cm³/mol. The standard InChI is InChI=1S/C7H9N2O4S2/c1-14(10,11)8-9-15(12,13)7-5-3-2-4-6-7/h2-6,8H,1H3. The monoisotopic (exact) mass is 249 g/mol. The van der Waals surface area contributed by atoms with Gasteiger partial charge < -0.3 is 0 Å². The minimum Gasteiger partial charge on any atom is -0.211 e. The number of rotatable bonds is 4. The Bertz CT molecular complexity index is 521. The molecule has 0 aromatic heterocycles. The zero-order valence-electron chi connectivity index (χ0n) is 7.78. The Labute approximate surface area is 88.4 Å². The summed E-state index contributed by atoms with van der Waals surface area (Å²) < 4.78 is 44.1. The maximum Gasteiger partial charge on any atom is 0.272 e. The van der Waals surface area contributed by atoms with Crippen LogP contribution in [0.15, 0.2) is 35.2 Å². The van der Waals surface area contributed by atoms with E-state index in [2.05, 4.69) is 4.83 Å². The topological polar surface area (TPSA) is 94.4 Å². The Morgan fingerprint density at radius 3 is 2.07 bits per heavy atom. The molecule has 0 amide bonds. The third kappa shape index (κ3) is 3.96. The largest absolute Gasteiger partial charge is 0.272 e. The van der Waals surface area contributed by atoms with Gasteiger partial charge in [0.15, 0.2) is 0 Å². The van der Waals surface area contributed by atoms with E-state index < -0.39 is 20.0 Å². The molecule has 1 aromatic carbocycles. The van der Waals surface area contributed by atoms with E-state index in [1.165, 1.54) is 24.3 Å². The second-order valence-electron chi connectivity index (χ2n) is 2.74.